The largest absolute Gasteiger partial charge is 0.330 e. The summed E-state index contributed by atoms with van der Waals surface area (Å²) in [7, 11) is 4.17. The summed E-state index contributed by atoms with van der Waals surface area (Å²) in [5.74, 6) is 0. The van der Waals surface area contributed by atoms with Crippen LogP contribution in [0.25, 0.3) is 0 Å². The minimum absolute atomic E-state index is 0.538. The van der Waals surface area contributed by atoms with E-state index >= 15 is 0 Å². The summed E-state index contributed by atoms with van der Waals surface area (Å²) in [6.45, 7) is 7.14. The van der Waals surface area contributed by atoms with Gasteiger partial charge in [-0.2, -0.15) is 0 Å². The molecular formula is C10H26N4. The van der Waals surface area contributed by atoms with Gasteiger partial charge in [-0.05, 0) is 34.0 Å². The molecule has 4 heteroatoms. The lowest BCUT2D eigenvalue weighted by atomic mass is 10.2. The molecule has 1 atom stereocenters. The van der Waals surface area contributed by atoms with Crippen LogP contribution >= 0.6 is 0 Å². The number of nitrogens with one attached hydrogen (secondary N) is 2. The van der Waals surface area contributed by atoms with Gasteiger partial charge in [-0.3, -0.25) is 0 Å². The molecule has 0 amide bonds. The van der Waals surface area contributed by atoms with Crippen molar-refractivity contribution < 1.29 is 0 Å². The molecule has 0 saturated heterocycles. The number of hydrogen-bond acceptors (Lipinski definition) is 4. The third kappa shape index (κ3) is 9.92. The molecule has 0 aromatic carbocycles. The monoisotopic (exact) mass is 202 g/mol. The third-order valence-corrected chi connectivity index (χ3v) is 2.13. The maximum absolute atomic E-state index is 5.45. The first kappa shape index (κ1) is 13.8. The van der Waals surface area contributed by atoms with Gasteiger partial charge in [0.1, 0.15) is 0 Å². The zero-order valence-electron chi connectivity index (χ0n) is 9.84. The van der Waals surface area contributed by atoms with Gasteiger partial charge in [0.15, 0.2) is 0 Å². The average Bonchev–Trinajstić information content (AvgIpc) is 2.11. The van der Waals surface area contributed by atoms with Crippen molar-refractivity contribution in [3.05, 3.63) is 0 Å². The summed E-state index contributed by atoms with van der Waals surface area (Å²) < 4.78 is 0. The molecular weight excluding hydrogens is 176 g/mol. The summed E-state index contributed by atoms with van der Waals surface area (Å²) in [4.78, 5) is 2.18. The SMILES string of the molecule is CC(CCN)NCCNCCN(C)C. The van der Waals surface area contributed by atoms with Gasteiger partial charge in [0.25, 0.3) is 0 Å². The first-order valence-corrected chi connectivity index (χ1v) is 5.45. The van der Waals surface area contributed by atoms with Crippen molar-refractivity contribution in [1.29, 1.82) is 0 Å². The molecule has 0 aromatic heterocycles. The zero-order valence-corrected chi connectivity index (χ0v) is 9.84. The van der Waals surface area contributed by atoms with Crippen LogP contribution in [0, 0.1) is 0 Å². The lowest BCUT2D eigenvalue weighted by Gasteiger charge is -2.14. The van der Waals surface area contributed by atoms with Crippen LogP contribution in [0.4, 0.5) is 0 Å². The van der Waals surface area contributed by atoms with Crippen molar-refractivity contribution >= 4 is 0 Å². The summed E-state index contributed by atoms with van der Waals surface area (Å²) >= 11 is 0. The summed E-state index contributed by atoms with van der Waals surface area (Å²) in [5, 5.41) is 6.79. The molecule has 4 nitrogen and oxygen atoms in total. The van der Waals surface area contributed by atoms with Crippen LogP contribution < -0.4 is 16.4 Å². The number of nitrogens with zero attached hydrogens (tertiary/aromatic N) is 1. The first-order chi connectivity index (χ1) is 6.66. The molecule has 14 heavy (non-hydrogen) atoms. The maximum atomic E-state index is 5.45. The van der Waals surface area contributed by atoms with E-state index < -0.39 is 0 Å². The van der Waals surface area contributed by atoms with Crippen LogP contribution in [0.5, 0.6) is 0 Å². The van der Waals surface area contributed by atoms with Crippen molar-refractivity contribution in [2.45, 2.75) is 19.4 Å². The normalized spacial score (nSPS) is 13.5. The standard InChI is InChI=1S/C10H26N4/c1-10(4-5-11)13-7-6-12-8-9-14(2)3/h10,12-13H,4-9,11H2,1-3H3. The van der Waals surface area contributed by atoms with Gasteiger partial charge >= 0.3 is 0 Å². The van der Waals surface area contributed by atoms with Gasteiger partial charge in [0.05, 0.1) is 0 Å². The van der Waals surface area contributed by atoms with Gasteiger partial charge in [-0.25, -0.2) is 0 Å². The van der Waals surface area contributed by atoms with E-state index in [4.69, 9.17) is 5.73 Å². The average molecular weight is 202 g/mol. The molecule has 0 saturated carbocycles. The number of likely N-dealkylation sites (N-methyl/N-ethyl adjacent to an activating group) is 1. The Morgan fingerprint density at radius 2 is 1.93 bits per heavy atom. The minimum atomic E-state index is 0.538. The molecule has 0 aliphatic rings. The third-order valence-electron chi connectivity index (χ3n) is 2.13. The molecule has 86 valence electrons. The smallest absolute Gasteiger partial charge is 0.0101 e. The Kier molecular flexibility index (Phi) is 9.29. The Hall–Kier alpha value is -0.160. The highest BCUT2D eigenvalue weighted by molar-refractivity contribution is 4.62. The molecule has 0 aliphatic heterocycles. The van der Waals surface area contributed by atoms with Crippen LogP contribution in [0.3, 0.4) is 0 Å². The van der Waals surface area contributed by atoms with Gasteiger partial charge in [-0.15, -0.1) is 0 Å². The fourth-order valence-corrected chi connectivity index (χ4v) is 1.19. The fourth-order valence-electron chi connectivity index (χ4n) is 1.19. The van der Waals surface area contributed by atoms with Gasteiger partial charge < -0.3 is 21.3 Å². The molecule has 0 aromatic rings. The van der Waals surface area contributed by atoms with Crippen LogP contribution in [-0.4, -0.2) is 57.8 Å². The van der Waals surface area contributed by atoms with E-state index in [9.17, 15) is 0 Å². The van der Waals surface area contributed by atoms with Crippen LogP contribution in [-0.2, 0) is 0 Å². The summed E-state index contributed by atoms with van der Waals surface area (Å²) in [5.41, 5.74) is 5.45. The van der Waals surface area contributed by atoms with Crippen molar-refractivity contribution in [1.82, 2.24) is 15.5 Å². The van der Waals surface area contributed by atoms with Crippen LogP contribution in [0.1, 0.15) is 13.3 Å². The highest BCUT2D eigenvalue weighted by Gasteiger charge is 1.97. The van der Waals surface area contributed by atoms with Crippen LogP contribution in [0.15, 0.2) is 0 Å². The number of hydrogen-bond donors (Lipinski definition) is 3. The molecule has 0 rings (SSSR count). The van der Waals surface area contributed by atoms with E-state index in [1.807, 2.05) is 0 Å². The van der Waals surface area contributed by atoms with Crippen molar-refractivity contribution in [2.24, 2.45) is 5.73 Å². The predicted octanol–water partition coefficient (Wildman–Crippen LogP) is -0.535. The predicted molar refractivity (Wildman–Crippen MR) is 62.6 cm³/mol. The second kappa shape index (κ2) is 9.40. The Morgan fingerprint density at radius 1 is 1.21 bits per heavy atom. The Morgan fingerprint density at radius 3 is 2.50 bits per heavy atom. The van der Waals surface area contributed by atoms with Gasteiger partial charge in [-0.1, -0.05) is 0 Å². The highest BCUT2D eigenvalue weighted by Crippen LogP contribution is 1.85. The van der Waals surface area contributed by atoms with Gasteiger partial charge in [0.2, 0.25) is 0 Å². The maximum Gasteiger partial charge on any atom is 0.0101 e. The lowest BCUT2D eigenvalue weighted by molar-refractivity contribution is 0.397. The molecule has 0 fully saturated rings. The fraction of sp³-hybridized carbons (Fsp3) is 1.00. The highest BCUT2D eigenvalue weighted by atomic mass is 15.1. The summed E-state index contributed by atoms with van der Waals surface area (Å²) in [6, 6.07) is 0.538. The van der Waals surface area contributed by atoms with Crippen molar-refractivity contribution in [3.63, 3.8) is 0 Å². The molecule has 0 bridgehead atoms. The first-order valence-electron chi connectivity index (χ1n) is 5.45. The zero-order chi connectivity index (χ0) is 10.8. The van der Waals surface area contributed by atoms with E-state index in [0.717, 1.165) is 39.1 Å². The molecule has 1 unspecified atom stereocenters. The Balaban J connectivity index is 3.05. The minimum Gasteiger partial charge on any atom is -0.330 e. The molecule has 4 N–H and O–H groups in total. The van der Waals surface area contributed by atoms with Crippen molar-refractivity contribution in [2.75, 3.05) is 46.8 Å². The molecule has 0 heterocycles. The van der Waals surface area contributed by atoms with Gasteiger partial charge in [0, 0.05) is 32.2 Å². The summed E-state index contributed by atoms with van der Waals surface area (Å²) in [6.07, 6.45) is 1.05. The van der Waals surface area contributed by atoms with Crippen molar-refractivity contribution in [3.8, 4) is 0 Å². The second-order valence-electron chi connectivity index (χ2n) is 3.99. The van der Waals surface area contributed by atoms with E-state index in [1.54, 1.807) is 0 Å². The molecule has 0 spiro atoms. The second-order valence-corrected chi connectivity index (χ2v) is 3.99. The van der Waals surface area contributed by atoms with Crippen LogP contribution in [0.2, 0.25) is 0 Å². The van der Waals surface area contributed by atoms with E-state index in [0.29, 0.717) is 6.04 Å². The van der Waals surface area contributed by atoms with E-state index in [2.05, 4.69) is 36.6 Å². The quantitative estimate of drug-likeness (QED) is 0.440. The molecule has 0 radical (unpaired) electrons. The Labute approximate surface area is 88.2 Å². The number of rotatable bonds is 9. The number of nitrogens with two attached hydrogens (primary N) is 1. The topological polar surface area (TPSA) is 53.3 Å². The lowest BCUT2D eigenvalue weighted by Crippen LogP contribution is -2.36. The van der Waals surface area contributed by atoms with E-state index in [1.165, 1.54) is 0 Å². The molecule has 0 aliphatic carbocycles. The Bertz CT molecular complexity index is 117. The van der Waals surface area contributed by atoms with E-state index in [-0.39, 0.29) is 0 Å².